The van der Waals surface area contributed by atoms with Crippen molar-refractivity contribution in [3.63, 3.8) is 0 Å². The quantitative estimate of drug-likeness (QED) is 0.103. The molecule has 0 aliphatic carbocycles. The van der Waals surface area contributed by atoms with Crippen molar-refractivity contribution in [2.75, 3.05) is 26.2 Å². The average Bonchev–Trinajstić information content (AvgIpc) is 3.93. The van der Waals surface area contributed by atoms with E-state index < -0.39 is 75.4 Å². The molecule has 8 rings (SSSR count). The number of amides is 2. The van der Waals surface area contributed by atoms with E-state index in [1.807, 2.05) is 121 Å². The number of carbonyl (C=O) groups is 6. The summed E-state index contributed by atoms with van der Waals surface area (Å²) in [5.41, 5.74) is 3.53. The molecule has 0 bridgehead atoms. The molecule has 4 aromatic rings. The summed E-state index contributed by atoms with van der Waals surface area (Å²) in [5.74, 6) is -2.59. The van der Waals surface area contributed by atoms with Gasteiger partial charge in [-0.3, -0.25) is 0 Å². The zero-order chi connectivity index (χ0) is 47.0. The van der Waals surface area contributed by atoms with Crippen LogP contribution in [-0.4, -0.2) is 96.2 Å². The monoisotopic (exact) mass is 946 g/mol. The van der Waals surface area contributed by atoms with Crippen molar-refractivity contribution >= 4 is 51.2 Å². The van der Waals surface area contributed by atoms with Crippen molar-refractivity contribution in [2.24, 2.45) is 0 Å². The third-order valence-corrected chi connectivity index (χ3v) is 17.4. The molecule has 4 aliphatic heterocycles. The van der Waals surface area contributed by atoms with E-state index in [0.717, 1.165) is 22.3 Å². The van der Waals surface area contributed by atoms with Crippen molar-refractivity contribution < 1.29 is 55.9 Å². The summed E-state index contributed by atoms with van der Waals surface area (Å²) in [6, 6.07) is 34.0. The molecular formula is C46H56N6O12P2. The molecule has 4 fully saturated rings. The summed E-state index contributed by atoms with van der Waals surface area (Å²) in [5, 5.41) is 12.0. The standard InChI is InChI=1S/2C23H28N3O6P/c2*1-3-26(4-2)23(29)32-33(24-19(21(27)30-33)15-17-11-7-5-8-12-17)25-20(22(28)31-33)16-18-13-9-6-10-14-18/h2*5-14,19-20,24-25H,3-4,15-16H2,1-2H3/t2*19-,20-/m00/s1. The van der Waals surface area contributed by atoms with Crippen LogP contribution in [0, 0.1) is 0 Å². The third-order valence-electron chi connectivity index (χ3n) is 11.3. The van der Waals surface area contributed by atoms with Gasteiger partial charge in [0.25, 0.3) is 0 Å². The molecule has 20 heteroatoms. The van der Waals surface area contributed by atoms with E-state index in [1.165, 1.54) is 9.80 Å². The summed E-state index contributed by atoms with van der Waals surface area (Å²) >= 11 is 0. The van der Waals surface area contributed by atoms with Gasteiger partial charge in [-0.15, -0.1) is 0 Å². The Morgan fingerprint density at radius 1 is 0.424 bits per heavy atom. The summed E-state index contributed by atoms with van der Waals surface area (Å²) in [4.78, 5) is 80.4. The van der Waals surface area contributed by atoms with Gasteiger partial charge in [0.05, 0.1) is 0 Å². The molecule has 4 saturated heterocycles. The molecule has 66 heavy (non-hydrogen) atoms. The van der Waals surface area contributed by atoms with Crippen LogP contribution < -0.4 is 20.3 Å². The van der Waals surface area contributed by atoms with Gasteiger partial charge in [-0.25, -0.2) is 0 Å². The average molecular weight is 947 g/mol. The predicted molar refractivity (Wildman–Crippen MR) is 245 cm³/mol. The van der Waals surface area contributed by atoms with E-state index in [0.29, 0.717) is 26.2 Å². The van der Waals surface area contributed by atoms with Gasteiger partial charge < -0.3 is 0 Å². The van der Waals surface area contributed by atoms with Gasteiger partial charge in [0.15, 0.2) is 0 Å². The van der Waals surface area contributed by atoms with E-state index in [-0.39, 0.29) is 25.7 Å². The Balaban J connectivity index is 0.000000196. The second kappa shape index (κ2) is 19.8. The molecule has 0 saturated carbocycles. The molecule has 352 valence electrons. The number of hydrogen-bond acceptors (Lipinski definition) is 16. The fourth-order valence-corrected chi connectivity index (χ4v) is 14.5. The molecule has 4 N–H and O–H groups in total. The van der Waals surface area contributed by atoms with Crippen LogP contribution in [0.2, 0.25) is 0 Å². The number of nitrogens with one attached hydrogen (secondary N) is 4. The van der Waals surface area contributed by atoms with Crippen LogP contribution in [0.1, 0.15) is 49.9 Å². The van der Waals surface area contributed by atoms with Gasteiger partial charge in [-0.2, -0.15) is 0 Å². The zero-order valence-electron chi connectivity index (χ0n) is 37.2. The summed E-state index contributed by atoms with van der Waals surface area (Å²) in [6.07, 6.45) is -0.351. The second-order valence-electron chi connectivity index (χ2n) is 16.0. The van der Waals surface area contributed by atoms with Crippen LogP contribution in [0.3, 0.4) is 0 Å². The van der Waals surface area contributed by atoms with Gasteiger partial charge in [0, 0.05) is 0 Å². The number of hydrogen-bond donors (Lipinski definition) is 4. The Labute approximate surface area is 383 Å². The number of carbonyl (C=O) groups excluding carboxylic acids is 6. The minimum absolute atomic E-state index is 0.281. The van der Waals surface area contributed by atoms with Crippen molar-refractivity contribution in [3.8, 4) is 0 Å². The van der Waals surface area contributed by atoms with Gasteiger partial charge in [0.2, 0.25) is 0 Å². The molecule has 4 aliphatic rings. The van der Waals surface area contributed by atoms with Crippen LogP contribution in [-0.2, 0) is 72.0 Å². The molecule has 4 atom stereocenters. The first-order valence-electron chi connectivity index (χ1n) is 22.0. The van der Waals surface area contributed by atoms with E-state index in [9.17, 15) is 28.8 Å². The molecule has 18 nitrogen and oxygen atoms in total. The number of nitrogens with zero attached hydrogens (tertiary/aromatic N) is 2. The summed E-state index contributed by atoms with van der Waals surface area (Å²) < 4.78 is 34.3. The summed E-state index contributed by atoms with van der Waals surface area (Å²) in [6.45, 7) is 8.72. The van der Waals surface area contributed by atoms with E-state index in [1.54, 1.807) is 27.7 Å². The Bertz CT molecular complexity index is 2090. The van der Waals surface area contributed by atoms with Crippen LogP contribution in [0.5, 0.6) is 0 Å². The van der Waals surface area contributed by atoms with Gasteiger partial charge >= 0.3 is 385 Å². The Morgan fingerprint density at radius 3 is 0.833 bits per heavy atom. The van der Waals surface area contributed by atoms with Gasteiger partial charge in [-0.1, -0.05) is 0 Å². The van der Waals surface area contributed by atoms with E-state index >= 15 is 0 Å². The first-order valence-corrected chi connectivity index (χ1v) is 26.0. The van der Waals surface area contributed by atoms with Crippen molar-refractivity contribution in [3.05, 3.63) is 144 Å². The van der Waals surface area contributed by atoms with Gasteiger partial charge in [0.1, 0.15) is 0 Å². The topological polar surface area (TPSA) is 212 Å². The Kier molecular flexibility index (Phi) is 14.4. The fourth-order valence-electron chi connectivity index (χ4n) is 7.97. The first-order chi connectivity index (χ1) is 31.7. The van der Waals surface area contributed by atoms with Crippen molar-refractivity contribution in [1.82, 2.24) is 30.1 Å². The number of rotatable bonds is 14. The molecule has 2 amide bonds. The Morgan fingerprint density at radius 2 is 0.636 bits per heavy atom. The number of benzene rings is 4. The molecule has 4 heterocycles. The van der Waals surface area contributed by atoms with Crippen molar-refractivity contribution in [1.29, 1.82) is 0 Å². The molecular weight excluding hydrogens is 890 g/mol. The molecule has 4 aromatic carbocycles. The predicted octanol–water partition coefficient (Wildman–Crippen LogP) is 6.22. The fraction of sp³-hybridized carbons (Fsp3) is 0.348. The van der Waals surface area contributed by atoms with Crippen LogP contribution in [0.4, 0.5) is 9.59 Å². The van der Waals surface area contributed by atoms with Crippen LogP contribution in [0.25, 0.3) is 0 Å². The maximum atomic E-state index is 12.9. The normalized spacial score (nSPS) is 23.9. The third kappa shape index (κ3) is 10.5. The van der Waals surface area contributed by atoms with E-state index in [4.69, 9.17) is 27.1 Å². The molecule has 0 aromatic heterocycles. The molecule has 0 unspecified atom stereocenters. The van der Waals surface area contributed by atoms with E-state index in [2.05, 4.69) is 20.3 Å². The van der Waals surface area contributed by atoms with Crippen LogP contribution >= 0.6 is 15.2 Å². The van der Waals surface area contributed by atoms with Gasteiger partial charge in [-0.05, 0) is 0 Å². The maximum absolute atomic E-state index is 12.9. The zero-order valence-corrected chi connectivity index (χ0v) is 39.0. The summed E-state index contributed by atoms with van der Waals surface area (Å²) in [7, 11) is -9.66. The minimum atomic E-state index is -4.83. The Hall–Kier alpha value is -6.00. The SMILES string of the molecule is CCN(CC)C(=O)OP12(N[C@@H](Cc3ccccc3)C(=O)O1)N[C@@H](Cc1ccccc1)C(=O)O2.CCN(CC)C(=O)OP12(N[C@@H](Cc3ccccc3)C(=O)O1)N[C@@H](Cc1ccccc1)C(=O)O2. The van der Waals surface area contributed by atoms with Crippen molar-refractivity contribution in [2.45, 2.75) is 77.5 Å². The first kappa shape index (κ1) is 47.9. The van der Waals surface area contributed by atoms with Crippen LogP contribution in [0.15, 0.2) is 121 Å². The second-order valence-corrected chi connectivity index (χ2v) is 21.6. The molecule has 0 radical (unpaired) electrons. The molecule has 2 spiro atoms.